The monoisotopic (exact) mass is 438 g/mol. The minimum atomic E-state index is -0.131. The summed E-state index contributed by atoms with van der Waals surface area (Å²) >= 11 is 0. The van der Waals surface area contributed by atoms with Gasteiger partial charge in [0.2, 0.25) is 0 Å². The van der Waals surface area contributed by atoms with E-state index in [0.717, 1.165) is 33.8 Å². The zero-order chi connectivity index (χ0) is 23.2. The normalized spacial score (nSPS) is 11.5. The molecule has 0 radical (unpaired) electrons. The van der Waals surface area contributed by atoms with Crippen LogP contribution >= 0.6 is 0 Å². The lowest BCUT2D eigenvalue weighted by Crippen LogP contribution is -2.13. The van der Waals surface area contributed by atoms with Gasteiger partial charge in [0, 0.05) is 16.8 Å². The van der Waals surface area contributed by atoms with Crippen LogP contribution in [0.4, 0.5) is 11.5 Å². The molecule has 1 heterocycles. The van der Waals surface area contributed by atoms with Crippen LogP contribution in [0.2, 0.25) is 0 Å². The van der Waals surface area contributed by atoms with Gasteiger partial charge in [0.1, 0.15) is 11.6 Å². The van der Waals surface area contributed by atoms with Crippen LogP contribution in [0.5, 0.6) is 5.75 Å². The molecule has 33 heavy (non-hydrogen) atoms. The molecule has 1 atom stereocenters. The van der Waals surface area contributed by atoms with E-state index in [-0.39, 0.29) is 11.9 Å². The summed E-state index contributed by atoms with van der Waals surface area (Å²) in [5.74, 6) is 1.30. The molecule has 1 aromatic heterocycles. The number of nitrogens with one attached hydrogen (secondary N) is 2. The molecule has 4 rings (SSSR count). The van der Waals surface area contributed by atoms with Crippen molar-refractivity contribution in [1.29, 1.82) is 0 Å². The quantitative estimate of drug-likeness (QED) is 0.376. The number of carbonyl (C=O) groups excluding carboxylic acids is 1. The van der Waals surface area contributed by atoms with Crippen LogP contribution in [-0.2, 0) is 0 Å². The van der Waals surface area contributed by atoms with E-state index in [1.807, 2.05) is 86.6 Å². The first-order chi connectivity index (χ1) is 16.0. The summed E-state index contributed by atoms with van der Waals surface area (Å²) in [7, 11) is 1.64. The van der Waals surface area contributed by atoms with Gasteiger partial charge in [-0.2, -0.15) is 0 Å². The maximum Gasteiger partial charge on any atom is 0.255 e. The molecule has 0 aliphatic heterocycles. The lowest BCUT2D eigenvalue weighted by molar-refractivity contribution is 0.102. The van der Waals surface area contributed by atoms with Gasteiger partial charge in [-0.1, -0.05) is 42.0 Å². The molecule has 0 aliphatic carbocycles. The SMILES string of the molecule is COc1cccc(-c2cncc(NC(C)c3cccc(NC(=O)c4cccc(C)c4)c3)n2)c1. The average Bonchev–Trinajstić information content (AvgIpc) is 2.84. The van der Waals surface area contributed by atoms with Crippen molar-refractivity contribution in [2.45, 2.75) is 19.9 Å². The third kappa shape index (κ3) is 5.54. The Hall–Kier alpha value is -4.19. The first-order valence-electron chi connectivity index (χ1n) is 10.7. The maximum absolute atomic E-state index is 12.6. The van der Waals surface area contributed by atoms with Crippen molar-refractivity contribution in [3.05, 3.63) is 102 Å². The van der Waals surface area contributed by atoms with E-state index in [1.165, 1.54) is 0 Å². The lowest BCUT2D eigenvalue weighted by Gasteiger charge is -2.16. The molecular formula is C27H26N4O2. The summed E-state index contributed by atoms with van der Waals surface area (Å²) in [6, 6.07) is 23.0. The van der Waals surface area contributed by atoms with Gasteiger partial charge in [0.15, 0.2) is 0 Å². The molecule has 0 spiro atoms. The Kier molecular flexibility index (Phi) is 6.64. The van der Waals surface area contributed by atoms with Gasteiger partial charge in [-0.3, -0.25) is 9.78 Å². The Morgan fingerprint density at radius 1 is 0.970 bits per heavy atom. The number of carbonyl (C=O) groups is 1. The molecule has 0 saturated heterocycles. The highest BCUT2D eigenvalue weighted by molar-refractivity contribution is 6.04. The Bertz CT molecular complexity index is 1270. The molecule has 1 unspecified atom stereocenters. The maximum atomic E-state index is 12.6. The molecule has 0 bridgehead atoms. The smallest absolute Gasteiger partial charge is 0.255 e. The number of ether oxygens (including phenoxy) is 1. The highest BCUT2D eigenvalue weighted by Crippen LogP contribution is 2.25. The van der Waals surface area contributed by atoms with Crippen LogP contribution in [0.3, 0.4) is 0 Å². The Labute approximate surface area is 193 Å². The minimum Gasteiger partial charge on any atom is -0.497 e. The van der Waals surface area contributed by atoms with Gasteiger partial charge < -0.3 is 15.4 Å². The van der Waals surface area contributed by atoms with Crippen LogP contribution < -0.4 is 15.4 Å². The minimum absolute atomic E-state index is 0.0457. The topological polar surface area (TPSA) is 76.1 Å². The molecule has 4 aromatic rings. The van der Waals surface area contributed by atoms with E-state index in [2.05, 4.69) is 15.6 Å². The molecule has 0 fully saturated rings. The van der Waals surface area contributed by atoms with Crippen molar-refractivity contribution in [3.8, 4) is 17.0 Å². The highest BCUT2D eigenvalue weighted by Gasteiger charge is 2.11. The van der Waals surface area contributed by atoms with Crippen LogP contribution in [-0.4, -0.2) is 23.0 Å². The van der Waals surface area contributed by atoms with Crippen molar-refractivity contribution < 1.29 is 9.53 Å². The second-order valence-electron chi connectivity index (χ2n) is 7.84. The van der Waals surface area contributed by atoms with Crippen LogP contribution in [0, 0.1) is 6.92 Å². The number of hydrogen-bond acceptors (Lipinski definition) is 5. The van der Waals surface area contributed by atoms with Gasteiger partial charge in [-0.15, -0.1) is 0 Å². The van der Waals surface area contributed by atoms with E-state index in [0.29, 0.717) is 11.4 Å². The van der Waals surface area contributed by atoms with Crippen LogP contribution in [0.1, 0.15) is 34.5 Å². The first kappa shape index (κ1) is 22.0. The van der Waals surface area contributed by atoms with Crippen molar-refractivity contribution in [2.24, 2.45) is 0 Å². The van der Waals surface area contributed by atoms with E-state index in [4.69, 9.17) is 9.72 Å². The highest BCUT2D eigenvalue weighted by atomic mass is 16.5. The second-order valence-corrected chi connectivity index (χ2v) is 7.84. The molecule has 166 valence electrons. The molecular weight excluding hydrogens is 412 g/mol. The third-order valence-electron chi connectivity index (χ3n) is 5.29. The van der Waals surface area contributed by atoms with Crippen molar-refractivity contribution in [2.75, 3.05) is 17.7 Å². The number of rotatable bonds is 7. The predicted molar refractivity (Wildman–Crippen MR) is 132 cm³/mol. The van der Waals surface area contributed by atoms with Crippen molar-refractivity contribution >= 4 is 17.4 Å². The fourth-order valence-electron chi connectivity index (χ4n) is 3.54. The molecule has 0 aliphatic rings. The predicted octanol–water partition coefficient (Wildman–Crippen LogP) is 5.89. The van der Waals surface area contributed by atoms with Crippen molar-refractivity contribution in [1.82, 2.24) is 9.97 Å². The number of aromatic nitrogens is 2. The Morgan fingerprint density at radius 3 is 2.61 bits per heavy atom. The van der Waals surface area contributed by atoms with Crippen LogP contribution in [0.25, 0.3) is 11.3 Å². The number of nitrogens with zero attached hydrogens (tertiary/aromatic N) is 2. The fourth-order valence-corrected chi connectivity index (χ4v) is 3.54. The summed E-state index contributed by atoms with van der Waals surface area (Å²) in [4.78, 5) is 21.6. The number of methoxy groups -OCH3 is 1. The summed E-state index contributed by atoms with van der Waals surface area (Å²) in [6.07, 6.45) is 3.43. The van der Waals surface area contributed by atoms with E-state index in [9.17, 15) is 4.79 Å². The number of aryl methyl sites for hydroxylation is 1. The standard InChI is InChI=1S/C27H26N4O2/c1-18-7-4-10-22(13-18)27(32)30-23-11-5-8-20(14-23)19(2)29-26-17-28-16-25(31-26)21-9-6-12-24(15-21)33-3/h4-17,19H,1-3H3,(H,29,31)(H,30,32). The number of amides is 1. The Morgan fingerprint density at radius 2 is 1.79 bits per heavy atom. The number of anilines is 2. The molecule has 6 nitrogen and oxygen atoms in total. The summed E-state index contributed by atoms with van der Waals surface area (Å²) in [5, 5.41) is 6.38. The molecule has 2 N–H and O–H groups in total. The summed E-state index contributed by atoms with van der Waals surface area (Å²) in [6.45, 7) is 4.01. The number of hydrogen-bond donors (Lipinski definition) is 2. The Balaban J connectivity index is 1.48. The number of benzene rings is 3. The molecule has 0 saturated carbocycles. The average molecular weight is 439 g/mol. The van der Waals surface area contributed by atoms with Gasteiger partial charge in [0.05, 0.1) is 31.2 Å². The molecule has 1 amide bonds. The zero-order valence-electron chi connectivity index (χ0n) is 18.9. The lowest BCUT2D eigenvalue weighted by atomic mass is 10.1. The zero-order valence-corrected chi connectivity index (χ0v) is 18.9. The first-order valence-corrected chi connectivity index (χ1v) is 10.7. The van der Waals surface area contributed by atoms with Gasteiger partial charge in [0.25, 0.3) is 5.91 Å². The third-order valence-corrected chi connectivity index (χ3v) is 5.29. The van der Waals surface area contributed by atoms with Gasteiger partial charge in [-0.25, -0.2) is 4.98 Å². The van der Waals surface area contributed by atoms with Gasteiger partial charge >= 0.3 is 0 Å². The second kappa shape index (κ2) is 9.96. The van der Waals surface area contributed by atoms with Crippen LogP contribution in [0.15, 0.2) is 85.2 Å². The fraction of sp³-hybridized carbons (Fsp3) is 0.148. The summed E-state index contributed by atoms with van der Waals surface area (Å²) < 4.78 is 5.31. The van der Waals surface area contributed by atoms with Crippen molar-refractivity contribution in [3.63, 3.8) is 0 Å². The van der Waals surface area contributed by atoms with E-state index in [1.54, 1.807) is 19.5 Å². The largest absolute Gasteiger partial charge is 0.497 e. The van der Waals surface area contributed by atoms with E-state index >= 15 is 0 Å². The molecule has 6 heteroatoms. The van der Waals surface area contributed by atoms with E-state index < -0.39 is 0 Å². The molecule has 3 aromatic carbocycles. The van der Waals surface area contributed by atoms with Gasteiger partial charge in [-0.05, 0) is 55.8 Å². The summed E-state index contributed by atoms with van der Waals surface area (Å²) in [5.41, 5.74) is 5.13.